The number of hydrogen-bond donors (Lipinski definition) is 2. The van der Waals surface area contributed by atoms with E-state index in [4.69, 9.17) is 16.3 Å². The Hall–Kier alpha value is -3.39. The molecule has 1 atom stereocenters. The van der Waals surface area contributed by atoms with Crippen LogP contribution in [0, 0.1) is 0 Å². The average molecular weight is 492 g/mol. The van der Waals surface area contributed by atoms with Crippen molar-refractivity contribution >= 4 is 45.2 Å². The van der Waals surface area contributed by atoms with Crippen LogP contribution in [0.2, 0.25) is 5.02 Å². The van der Waals surface area contributed by atoms with Crippen molar-refractivity contribution < 1.29 is 19.4 Å². The van der Waals surface area contributed by atoms with Gasteiger partial charge in [-0.1, -0.05) is 29.8 Å². The number of likely N-dealkylation sites (N-methyl/N-ethyl adjacent to an activating group) is 1. The van der Waals surface area contributed by atoms with Gasteiger partial charge in [-0.25, -0.2) is 0 Å². The molecule has 1 aliphatic rings. The molecule has 4 aromatic rings. The van der Waals surface area contributed by atoms with Crippen molar-refractivity contribution in [3.63, 3.8) is 0 Å². The molecule has 8 heteroatoms. The second-order valence-corrected chi connectivity index (χ2v) is 9.53. The Morgan fingerprint density at radius 1 is 1.03 bits per heavy atom. The molecule has 2 N–H and O–H groups in total. The molecule has 5 rings (SSSR count). The smallest absolute Gasteiger partial charge is 0.259 e. The number of aromatic nitrogens is 1. The number of nitrogens with zero attached hydrogens (tertiary/aromatic N) is 2. The predicted octanol–water partition coefficient (Wildman–Crippen LogP) is 4.23. The molecule has 2 heterocycles. The van der Waals surface area contributed by atoms with Crippen molar-refractivity contribution in [3.8, 4) is 16.9 Å². The summed E-state index contributed by atoms with van der Waals surface area (Å²) in [6.45, 7) is 0.957. The van der Waals surface area contributed by atoms with Crippen LogP contribution in [0.4, 0.5) is 0 Å². The zero-order chi connectivity index (χ0) is 24.9. The standard InChI is InChI=1S/C27H26ClN3O4/c1-30(2)14-15(32)10-11-35-16-8-9-18-21(12-16)31(3)22-13-19(17-6-4-5-7-20(17)28)24-25(23(18)22)27(34)29-26(24)33/h4-9,12-13,15,32H,10-11,14H2,1-3H3,(H,29,33,34). The Kier molecular flexibility index (Phi) is 6.01. The van der Waals surface area contributed by atoms with Crippen molar-refractivity contribution in [2.75, 3.05) is 27.2 Å². The number of imide groups is 1. The number of benzene rings is 3. The van der Waals surface area contributed by atoms with Gasteiger partial charge in [0, 0.05) is 47.4 Å². The van der Waals surface area contributed by atoms with E-state index in [0.717, 1.165) is 21.8 Å². The number of amides is 2. The number of rotatable bonds is 7. The summed E-state index contributed by atoms with van der Waals surface area (Å²) in [7, 11) is 5.76. The topological polar surface area (TPSA) is 83.8 Å². The van der Waals surface area contributed by atoms with Crippen LogP contribution in [0.5, 0.6) is 5.75 Å². The lowest BCUT2D eigenvalue weighted by atomic mass is 9.93. The lowest BCUT2D eigenvalue weighted by Gasteiger charge is -2.16. The first-order chi connectivity index (χ1) is 16.8. The van der Waals surface area contributed by atoms with Crippen molar-refractivity contribution in [1.82, 2.24) is 14.8 Å². The fourth-order valence-corrected chi connectivity index (χ4v) is 5.07. The summed E-state index contributed by atoms with van der Waals surface area (Å²) in [5.41, 5.74) is 3.72. The number of aryl methyl sites for hydroxylation is 1. The molecule has 0 fully saturated rings. The Bertz CT molecular complexity index is 1490. The molecule has 0 spiro atoms. The van der Waals surface area contributed by atoms with Gasteiger partial charge in [0.1, 0.15) is 5.75 Å². The molecule has 3 aromatic carbocycles. The minimum absolute atomic E-state index is 0.346. The molecule has 0 saturated heterocycles. The first-order valence-corrected chi connectivity index (χ1v) is 11.8. The van der Waals surface area contributed by atoms with Gasteiger partial charge in [0.05, 0.1) is 34.9 Å². The Morgan fingerprint density at radius 2 is 1.77 bits per heavy atom. The van der Waals surface area contributed by atoms with Crippen molar-refractivity contribution in [3.05, 3.63) is 64.7 Å². The number of aliphatic hydroxyl groups is 1. The molecule has 0 saturated carbocycles. The molecule has 1 unspecified atom stereocenters. The fourth-order valence-electron chi connectivity index (χ4n) is 4.83. The highest BCUT2D eigenvalue weighted by atomic mass is 35.5. The van der Waals surface area contributed by atoms with Gasteiger partial charge in [-0.2, -0.15) is 0 Å². The third kappa shape index (κ3) is 4.05. The number of halogens is 1. The molecule has 0 radical (unpaired) electrons. The molecule has 1 aliphatic heterocycles. The van der Waals surface area contributed by atoms with E-state index in [2.05, 4.69) is 5.32 Å². The van der Waals surface area contributed by atoms with E-state index in [1.165, 1.54) is 0 Å². The molecule has 35 heavy (non-hydrogen) atoms. The highest BCUT2D eigenvalue weighted by Gasteiger charge is 2.34. The SMILES string of the molecule is CN(C)CC(O)CCOc1ccc2c3c4c(c(-c5ccccc5Cl)cc3n(C)c2c1)C(=O)NC4=O. The van der Waals surface area contributed by atoms with Crippen LogP contribution < -0.4 is 10.1 Å². The van der Waals surface area contributed by atoms with Crippen LogP contribution in [0.1, 0.15) is 27.1 Å². The number of ether oxygens (including phenoxy) is 1. The van der Waals surface area contributed by atoms with E-state index < -0.39 is 17.9 Å². The van der Waals surface area contributed by atoms with Crippen molar-refractivity contribution in [1.29, 1.82) is 0 Å². The van der Waals surface area contributed by atoms with Crippen molar-refractivity contribution in [2.24, 2.45) is 7.05 Å². The maximum atomic E-state index is 12.9. The maximum absolute atomic E-state index is 12.9. The van der Waals surface area contributed by atoms with Crippen molar-refractivity contribution in [2.45, 2.75) is 12.5 Å². The van der Waals surface area contributed by atoms with Gasteiger partial charge < -0.3 is 19.3 Å². The average Bonchev–Trinajstić information content (AvgIpc) is 3.26. The van der Waals surface area contributed by atoms with Gasteiger partial charge >= 0.3 is 0 Å². The minimum Gasteiger partial charge on any atom is -0.493 e. The zero-order valence-corrected chi connectivity index (χ0v) is 20.5. The second-order valence-electron chi connectivity index (χ2n) is 9.12. The molecular weight excluding hydrogens is 466 g/mol. The maximum Gasteiger partial charge on any atom is 0.259 e. The molecular formula is C27H26ClN3O4. The van der Waals surface area contributed by atoms with Gasteiger partial charge in [-0.15, -0.1) is 0 Å². The van der Waals surface area contributed by atoms with Gasteiger partial charge in [0.2, 0.25) is 0 Å². The minimum atomic E-state index is -0.465. The quantitative estimate of drug-likeness (QED) is 0.378. The normalized spacial score (nSPS) is 14.1. The van der Waals surface area contributed by atoms with Gasteiger partial charge in [0.25, 0.3) is 11.8 Å². The first-order valence-electron chi connectivity index (χ1n) is 11.4. The van der Waals surface area contributed by atoms with Crippen LogP contribution in [-0.2, 0) is 7.05 Å². The van der Waals surface area contributed by atoms with E-state index in [1.54, 1.807) is 6.07 Å². The van der Waals surface area contributed by atoms with E-state index in [-0.39, 0.29) is 0 Å². The summed E-state index contributed by atoms with van der Waals surface area (Å²) < 4.78 is 7.91. The van der Waals surface area contributed by atoms with Crippen LogP contribution in [0.15, 0.2) is 48.5 Å². The lowest BCUT2D eigenvalue weighted by molar-refractivity contribution is 0.0880. The monoisotopic (exact) mass is 491 g/mol. The van der Waals surface area contributed by atoms with E-state index >= 15 is 0 Å². The van der Waals surface area contributed by atoms with E-state index in [9.17, 15) is 14.7 Å². The Morgan fingerprint density at radius 3 is 2.51 bits per heavy atom. The largest absolute Gasteiger partial charge is 0.493 e. The number of aliphatic hydroxyl groups excluding tert-OH is 1. The molecule has 7 nitrogen and oxygen atoms in total. The third-order valence-electron chi connectivity index (χ3n) is 6.41. The van der Waals surface area contributed by atoms with E-state index in [1.807, 2.05) is 73.1 Å². The van der Waals surface area contributed by atoms with Crippen LogP contribution in [0.25, 0.3) is 32.9 Å². The summed E-state index contributed by atoms with van der Waals surface area (Å²) in [5.74, 6) is -0.161. The number of hydrogen-bond acceptors (Lipinski definition) is 5. The summed E-state index contributed by atoms with van der Waals surface area (Å²) in [6, 6.07) is 14.9. The number of carbonyl (C=O) groups is 2. The van der Waals surface area contributed by atoms with Crippen LogP contribution >= 0.6 is 11.6 Å². The highest BCUT2D eigenvalue weighted by molar-refractivity contribution is 6.36. The van der Waals surface area contributed by atoms with Gasteiger partial charge in [0.15, 0.2) is 0 Å². The second kappa shape index (κ2) is 9.00. The summed E-state index contributed by atoms with van der Waals surface area (Å²) >= 11 is 6.47. The lowest BCUT2D eigenvalue weighted by Crippen LogP contribution is -2.27. The number of nitrogens with one attached hydrogen (secondary N) is 1. The Labute approximate surface area is 207 Å². The summed E-state index contributed by atoms with van der Waals surface area (Å²) in [4.78, 5) is 27.7. The fraction of sp³-hybridized carbons (Fsp3) is 0.259. The third-order valence-corrected chi connectivity index (χ3v) is 6.74. The summed E-state index contributed by atoms with van der Waals surface area (Å²) in [5, 5.41) is 14.6. The van der Waals surface area contributed by atoms with Gasteiger partial charge in [-0.05, 0) is 43.9 Å². The van der Waals surface area contributed by atoms with E-state index in [0.29, 0.717) is 52.6 Å². The number of fused-ring (bicyclic) bond motifs is 5. The molecule has 0 aliphatic carbocycles. The first kappa shape index (κ1) is 23.4. The van der Waals surface area contributed by atoms with Crippen LogP contribution in [-0.4, -0.2) is 59.7 Å². The zero-order valence-electron chi connectivity index (χ0n) is 19.8. The molecule has 0 bridgehead atoms. The molecule has 180 valence electrons. The summed E-state index contributed by atoms with van der Waals surface area (Å²) in [6.07, 6.45) is 0.0516. The molecule has 1 aromatic heterocycles. The van der Waals surface area contributed by atoms with Crippen LogP contribution in [0.3, 0.4) is 0 Å². The Balaban J connectivity index is 1.62. The molecule has 2 amide bonds. The highest BCUT2D eigenvalue weighted by Crippen LogP contribution is 2.42. The van der Waals surface area contributed by atoms with Gasteiger partial charge in [-0.3, -0.25) is 14.9 Å². The predicted molar refractivity (Wildman–Crippen MR) is 137 cm³/mol. The number of carbonyl (C=O) groups excluding carboxylic acids is 2.